The minimum Gasteiger partial charge on any atom is -0.491 e. The molecule has 3 aromatic carbocycles. The highest BCUT2D eigenvalue weighted by Gasteiger charge is 2.38. The van der Waals surface area contributed by atoms with Gasteiger partial charge in [0.2, 0.25) is 0 Å². The normalized spacial score (nSPS) is 12.3. The Morgan fingerprint density at radius 2 is 1.47 bits per heavy atom. The van der Waals surface area contributed by atoms with Gasteiger partial charge in [-0.1, -0.05) is 79.7 Å². The first-order valence-electron chi connectivity index (χ1n) is 11.1. The van der Waals surface area contributed by atoms with Gasteiger partial charge in [0.05, 0.1) is 0 Å². The first-order valence-corrected chi connectivity index (χ1v) is 11.1. The first kappa shape index (κ1) is 23.5. The predicted molar refractivity (Wildman–Crippen MR) is 126 cm³/mol. The molecule has 0 fully saturated rings. The average molecular weight is 434 g/mol. The van der Waals surface area contributed by atoms with Crippen LogP contribution in [0.4, 0.5) is 0 Å². The van der Waals surface area contributed by atoms with E-state index in [-0.39, 0.29) is 11.5 Å². The van der Waals surface area contributed by atoms with Crippen LogP contribution in [-0.2, 0) is 5.60 Å². The molecule has 168 valence electrons. The molecule has 3 aromatic rings. The Bertz CT molecular complexity index is 936. The van der Waals surface area contributed by atoms with Crippen LogP contribution in [-0.4, -0.2) is 35.9 Å². The lowest BCUT2D eigenvalue weighted by Crippen LogP contribution is -2.38. The van der Waals surface area contributed by atoms with Gasteiger partial charge < -0.3 is 20.3 Å². The zero-order chi connectivity index (χ0) is 22.8. The summed E-state index contributed by atoms with van der Waals surface area (Å²) in [7, 11) is 0. The minimum atomic E-state index is -1.07. The molecule has 0 aliphatic rings. The zero-order valence-electron chi connectivity index (χ0n) is 18.4. The van der Waals surface area contributed by atoms with Crippen LogP contribution in [0.15, 0.2) is 84.9 Å². The highest BCUT2D eigenvalue weighted by Crippen LogP contribution is 2.40. The third-order valence-corrected chi connectivity index (χ3v) is 5.83. The van der Waals surface area contributed by atoms with Crippen LogP contribution in [0.3, 0.4) is 0 Å². The third-order valence-electron chi connectivity index (χ3n) is 5.83. The molecule has 0 heterocycles. The van der Waals surface area contributed by atoms with Crippen LogP contribution in [0.2, 0.25) is 0 Å². The molecule has 3 N–H and O–H groups in total. The number of aliphatic hydroxyl groups is 1. The number of nitrogens with one attached hydrogen (secondary N) is 1. The molecule has 0 spiro atoms. The molecule has 0 saturated carbocycles. The highest BCUT2D eigenvalue weighted by atomic mass is 16.5. The number of benzene rings is 3. The SMILES string of the molecule is CCC(CCNCCOc1ccccc1C(=O)O)C(O)(c1ccccc1)c1ccccc1. The molecule has 1 unspecified atom stereocenters. The van der Waals surface area contributed by atoms with Crippen molar-refractivity contribution in [3.05, 3.63) is 102 Å². The van der Waals surface area contributed by atoms with E-state index in [0.717, 1.165) is 24.0 Å². The fraction of sp³-hybridized carbons (Fsp3) is 0.296. The second-order valence-corrected chi connectivity index (χ2v) is 7.79. The van der Waals surface area contributed by atoms with Crippen LogP contribution in [0.25, 0.3) is 0 Å². The van der Waals surface area contributed by atoms with Crippen LogP contribution in [0.1, 0.15) is 41.3 Å². The van der Waals surface area contributed by atoms with E-state index in [1.807, 2.05) is 60.7 Å². The zero-order valence-corrected chi connectivity index (χ0v) is 18.4. The second kappa shape index (κ2) is 11.5. The van der Waals surface area contributed by atoms with Gasteiger partial charge in [-0.25, -0.2) is 4.79 Å². The van der Waals surface area contributed by atoms with Crippen molar-refractivity contribution >= 4 is 5.97 Å². The molecule has 5 heteroatoms. The van der Waals surface area contributed by atoms with Gasteiger partial charge >= 0.3 is 5.97 Å². The summed E-state index contributed by atoms with van der Waals surface area (Å²) in [5, 5.41) is 24.5. The third kappa shape index (κ3) is 5.55. The molecule has 0 aliphatic carbocycles. The van der Waals surface area contributed by atoms with Gasteiger partial charge in [-0.05, 0) is 48.6 Å². The van der Waals surface area contributed by atoms with E-state index in [1.54, 1.807) is 18.2 Å². The van der Waals surface area contributed by atoms with Gasteiger partial charge in [0, 0.05) is 6.54 Å². The van der Waals surface area contributed by atoms with Gasteiger partial charge in [-0.3, -0.25) is 0 Å². The Labute approximate surface area is 189 Å². The number of ether oxygens (including phenoxy) is 1. The van der Waals surface area contributed by atoms with Crippen molar-refractivity contribution < 1.29 is 19.7 Å². The lowest BCUT2D eigenvalue weighted by Gasteiger charge is -2.37. The number of para-hydroxylation sites is 1. The standard InChI is InChI=1S/C27H31NO4/c1-2-21(17-18-28-19-20-32-25-16-10-9-15-24(25)26(29)30)27(31,22-11-5-3-6-12-22)23-13-7-4-8-14-23/h3-16,21,28,31H,2,17-20H2,1H3,(H,29,30). The number of hydrogen-bond acceptors (Lipinski definition) is 4. The maximum absolute atomic E-state index is 11.9. The first-order chi connectivity index (χ1) is 15.6. The Hall–Kier alpha value is -3.15. The minimum absolute atomic E-state index is 0.0217. The summed E-state index contributed by atoms with van der Waals surface area (Å²) in [6, 6.07) is 26.3. The quantitative estimate of drug-likeness (QED) is 0.361. The van der Waals surface area contributed by atoms with E-state index in [1.165, 1.54) is 6.07 Å². The van der Waals surface area contributed by atoms with E-state index in [9.17, 15) is 15.0 Å². The van der Waals surface area contributed by atoms with E-state index in [0.29, 0.717) is 25.4 Å². The van der Waals surface area contributed by atoms with E-state index >= 15 is 0 Å². The molecule has 0 radical (unpaired) electrons. The summed E-state index contributed by atoms with van der Waals surface area (Å²) in [6.45, 7) is 3.76. The van der Waals surface area contributed by atoms with E-state index < -0.39 is 11.6 Å². The number of carbonyl (C=O) groups is 1. The summed E-state index contributed by atoms with van der Waals surface area (Å²) < 4.78 is 5.65. The topological polar surface area (TPSA) is 78.8 Å². The molecule has 32 heavy (non-hydrogen) atoms. The van der Waals surface area contributed by atoms with Gasteiger partial charge in [-0.2, -0.15) is 0 Å². The summed E-state index contributed by atoms with van der Waals surface area (Å²) >= 11 is 0. The maximum atomic E-state index is 11.9. The highest BCUT2D eigenvalue weighted by molar-refractivity contribution is 5.90. The molecular formula is C27H31NO4. The summed E-state index contributed by atoms with van der Waals surface area (Å²) in [5.41, 5.74) is 0.878. The number of aromatic carboxylic acids is 1. The van der Waals surface area contributed by atoms with Crippen molar-refractivity contribution in [3.63, 3.8) is 0 Å². The molecule has 1 atom stereocenters. The van der Waals surface area contributed by atoms with Crippen molar-refractivity contribution in [1.29, 1.82) is 0 Å². The fourth-order valence-electron chi connectivity index (χ4n) is 4.13. The van der Waals surface area contributed by atoms with Crippen LogP contribution in [0, 0.1) is 5.92 Å². The van der Waals surface area contributed by atoms with Crippen LogP contribution >= 0.6 is 0 Å². The molecule has 0 aromatic heterocycles. The molecule has 0 aliphatic heterocycles. The molecule has 5 nitrogen and oxygen atoms in total. The lowest BCUT2D eigenvalue weighted by molar-refractivity contribution is 0.0103. The average Bonchev–Trinajstić information content (AvgIpc) is 2.84. The van der Waals surface area contributed by atoms with Crippen molar-refractivity contribution in [3.8, 4) is 5.75 Å². The molecule has 0 amide bonds. The van der Waals surface area contributed by atoms with Gasteiger partial charge in [0.15, 0.2) is 0 Å². The van der Waals surface area contributed by atoms with Crippen molar-refractivity contribution in [2.45, 2.75) is 25.4 Å². The fourth-order valence-corrected chi connectivity index (χ4v) is 4.13. The second-order valence-electron chi connectivity index (χ2n) is 7.79. The molecule has 0 saturated heterocycles. The largest absolute Gasteiger partial charge is 0.491 e. The number of hydrogen-bond donors (Lipinski definition) is 3. The summed E-state index contributed by atoms with van der Waals surface area (Å²) in [5.74, 6) is -0.607. The van der Waals surface area contributed by atoms with Crippen LogP contribution < -0.4 is 10.1 Å². The van der Waals surface area contributed by atoms with Crippen LogP contribution in [0.5, 0.6) is 5.75 Å². The monoisotopic (exact) mass is 433 g/mol. The Kier molecular flexibility index (Phi) is 8.42. The Morgan fingerprint density at radius 3 is 2.03 bits per heavy atom. The molecule has 0 bridgehead atoms. The van der Waals surface area contributed by atoms with Crippen molar-refractivity contribution in [1.82, 2.24) is 5.32 Å². The maximum Gasteiger partial charge on any atom is 0.339 e. The Balaban J connectivity index is 1.60. The van der Waals surface area contributed by atoms with Gasteiger partial charge in [-0.15, -0.1) is 0 Å². The predicted octanol–water partition coefficient (Wildman–Crippen LogP) is 4.71. The van der Waals surface area contributed by atoms with E-state index in [2.05, 4.69) is 12.2 Å². The Morgan fingerprint density at radius 1 is 0.906 bits per heavy atom. The van der Waals surface area contributed by atoms with Gasteiger partial charge in [0.25, 0.3) is 0 Å². The lowest BCUT2D eigenvalue weighted by atomic mass is 9.73. The number of carboxylic acids is 1. The summed E-state index contributed by atoms with van der Waals surface area (Å²) in [6.07, 6.45) is 1.60. The van der Waals surface area contributed by atoms with E-state index in [4.69, 9.17) is 4.74 Å². The number of rotatable bonds is 12. The molecular weight excluding hydrogens is 402 g/mol. The number of carboxylic acid groups (broad SMARTS) is 1. The van der Waals surface area contributed by atoms with Gasteiger partial charge in [0.1, 0.15) is 23.5 Å². The summed E-state index contributed by atoms with van der Waals surface area (Å²) in [4.78, 5) is 11.3. The smallest absolute Gasteiger partial charge is 0.339 e. The van der Waals surface area contributed by atoms with Crippen molar-refractivity contribution in [2.24, 2.45) is 5.92 Å². The van der Waals surface area contributed by atoms with Crippen molar-refractivity contribution in [2.75, 3.05) is 19.7 Å². The molecule has 3 rings (SSSR count).